The van der Waals surface area contributed by atoms with E-state index in [1.54, 1.807) is 42.5 Å². The number of carbonyl (C=O) groups is 2. The molecule has 0 bridgehead atoms. The van der Waals surface area contributed by atoms with Gasteiger partial charge in [-0.2, -0.15) is 0 Å². The van der Waals surface area contributed by atoms with Crippen LogP contribution in [0.5, 0.6) is 5.75 Å². The van der Waals surface area contributed by atoms with Crippen LogP contribution in [0.1, 0.15) is 24.0 Å². The first-order valence-electron chi connectivity index (χ1n) is 12.6. The van der Waals surface area contributed by atoms with Gasteiger partial charge in [0, 0.05) is 54.7 Å². The summed E-state index contributed by atoms with van der Waals surface area (Å²) in [5, 5.41) is 3.42. The highest BCUT2D eigenvalue weighted by Gasteiger charge is 2.31. The number of ether oxygens (including phenoxy) is 1. The molecular weight excluding hydrogens is 573 g/mol. The van der Waals surface area contributed by atoms with E-state index in [2.05, 4.69) is 5.32 Å². The Hall–Kier alpha value is -3.27. The van der Waals surface area contributed by atoms with Crippen LogP contribution in [-0.4, -0.2) is 58.1 Å². The van der Waals surface area contributed by atoms with E-state index in [1.807, 2.05) is 30.3 Å². The molecule has 0 saturated carbocycles. The zero-order valence-electron chi connectivity index (χ0n) is 22.6. The van der Waals surface area contributed by atoms with Crippen molar-refractivity contribution in [1.29, 1.82) is 0 Å². The average Bonchev–Trinajstić information content (AvgIpc) is 2.93. The minimum absolute atomic E-state index is 0.00787. The van der Waals surface area contributed by atoms with Crippen LogP contribution < -0.4 is 14.4 Å². The molecular formula is C29H33Cl2N3O5S. The summed E-state index contributed by atoms with van der Waals surface area (Å²) < 4.78 is 31.7. The van der Waals surface area contributed by atoms with Gasteiger partial charge in [-0.3, -0.25) is 13.9 Å². The van der Waals surface area contributed by atoms with E-state index < -0.39 is 16.1 Å². The quantitative estimate of drug-likeness (QED) is 0.298. The standard InChI is InChI=1S/C29H33Cl2N3O5S/c1-32-29(36)27(18-21-10-5-4-6-11-21)33(20-24-25(30)14-8-15-26(24)31)28(35)16-9-17-34(40(3,37)38)22-12-7-13-23(19-22)39-2/h4-8,10-15,19,27H,9,16-18,20H2,1-3H3,(H,32,36)/t27-/m1/s1. The zero-order chi connectivity index (χ0) is 29.3. The van der Waals surface area contributed by atoms with Crippen LogP contribution in [0.2, 0.25) is 10.0 Å². The Bertz CT molecular complexity index is 1400. The smallest absolute Gasteiger partial charge is 0.242 e. The zero-order valence-corrected chi connectivity index (χ0v) is 25.0. The predicted octanol–water partition coefficient (Wildman–Crippen LogP) is 4.93. The lowest BCUT2D eigenvalue weighted by Crippen LogP contribution is -2.50. The van der Waals surface area contributed by atoms with E-state index in [-0.39, 0.29) is 44.2 Å². The van der Waals surface area contributed by atoms with E-state index in [0.29, 0.717) is 27.0 Å². The van der Waals surface area contributed by atoms with Gasteiger partial charge >= 0.3 is 0 Å². The van der Waals surface area contributed by atoms with Crippen molar-refractivity contribution in [1.82, 2.24) is 10.2 Å². The summed E-state index contributed by atoms with van der Waals surface area (Å²) in [6.07, 6.45) is 1.58. The minimum Gasteiger partial charge on any atom is -0.497 e. The lowest BCUT2D eigenvalue weighted by atomic mass is 10.0. The largest absolute Gasteiger partial charge is 0.497 e. The number of nitrogens with one attached hydrogen (secondary N) is 1. The fourth-order valence-corrected chi connectivity index (χ4v) is 5.82. The highest BCUT2D eigenvalue weighted by molar-refractivity contribution is 7.92. The second-order valence-corrected chi connectivity index (χ2v) is 11.9. The molecule has 40 heavy (non-hydrogen) atoms. The van der Waals surface area contributed by atoms with Gasteiger partial charge in [0.25, 0.3) is 0 Å². The number of carbonyl (C=O) groups excluding carboxylic acids is 2. The predicted molar refractivity (Wildman–Crippen MR) is 159 cm³/mol. The molecule has 3 aromatic rings. The summed E-state index contributed by atoms with van der Waals surface area (Å²) in [5.74, 6) is -0.159. The number of nitrogens with zero attached hydrogens (tertiary/aromatic N) is 2. The number of halogens is 2. The fourth-order valence-electron chi connectivity index (χ4n) is 4.34. The summed E-state index contributed by atoms with van der Waals surface area (Å²) in [4.78, 5) is 28.3. The molecule has 0 fully saturated rings. The summed E-state index contributed by atoms with van der Waals surface area (Å²) in [7, 11) is -0.623. The van der Waals surface area contributed by atoms with Crippen LogP contribution in [0.3, 0.4) is 0 Å². The van der Waals surface area contributed by atoms with Crippen molar-refractivity contribution in [2.24, 2.45) is 0 Å². The molecule has 0 aromatic heterocycles. The number of likely N-dealkylation sites (N-methyl/N-ethyl adjacent to an activating group) is 1. The van der Waals surface area contributed by atoms with Crippen molar-refractivity contribution in [3.8, 4) is 5.75 Å². The average molecular weight is 607 g/mol. The third-order valence-electron chi connectivity index (χ3n) is 6.40. The van der Waals surface area contributed by atoms with Crippen LogP contribution in [0.15, 0.2) is 72.8 Å². The van der Waals surface area contributed by atoms with Crippen molar-refractivity contribution in [3.63, 3.8) is 0 Å². The monoisotopic (exact) mass is 605 g/mol. The summed E-state index contributed by atoms with van der Waals surface area (Å²) >= 11 is 12.9. The number of anilines is 1. The van der Waals surface area contributed by atoms with Crippen molar-refractivity contribution in [2.45, 2.75) is 31.8 Å². The van der Waals surface area contributed by atoms with E-state index >= 15 is 0 Å². The van der Waals surface area contributed by atoms with Gasteiger partial charge in [0.2, 0.25) is 21.8 Å². The number of methoxy groups -OCH3 is 1. The fraction of sp³-hybridized carbons (Fsp3) is 0.310. The third kappa shape index (κ3) is 8.36. The SMILES string of the molecule is CNC(=O)[C@@H](Cc1ccccc1)N(Cc1c(Cl)cccc1Cl)C(=O)CCCN(c1cccc(OC)c1)S(C)(=O)=O. The minimum atomic E-state index is -3.64. The number of sulfonamides is 1. The van der Waals surface area contributed by atoms with Gasteiger partial charge in [-0.05, 0) is 36.2 Å². The molecule has 214 valence electrons. The third-order valence-corrected chi connectivity index (χ3v) is 8.30. The second-order valence-electron chi connectivity index (χ2n) is 9.18. The molecule has 0 aliphatic carbocycles. The van der Waals surface area contributed by atoms with E-state index in [1.165, 1.54) is 23.4 Å². The molecule has 0 saturated heterocycles. The van der Waals surface area contributed by atoms with Crippen LogP contribution in [0.4, 0.5) is 5.69 Å². The Morgan fingerprint density at radius 1 is 0.975 bits per heavy atom. The normalized spacial score (nSPS) is 11.9. The number of benzene rings is 3. The number of rotatable bonds is 13. The molecule has 0 unspecified atom stereocenters. The van der Waals surface area contributed by atoms with Gasteiger partial charge in [-0.15, -0.1) is 0 Å². The van der Waals surface area contributed by atoms with Crippen LogP contribution in [0.25, 0.3) is 0 Å². The first kappa shape index (κ1) is 31.3. The number of hydrogen-bond acceptors (Lipinski definition) is 5. The van der Waals surface area contributed by atoms with Gasteiger partial charge in [0.1, 0.15) is 11.8 Å². The Morgan fingerprint density at radius 3 is 2.23 bits per heavy atom. The van der Waals surface area contributed by atoms with Gasteiger partial charge in [-0.1, -0.05) is 65.7 Å². The van der Waals surface area contributed by atoms with E-state index in [0.717, 1.165) is 11.8 Å². The Balaban J connectivity index is 1.89. The summed E-state index contributed by atoms with van der Waals surface area (Å²) in [6.45, 7) is 0.0652. The topological polar surface area (TPSA) is 96.0 Å². The molecule has 2 amide bonds. The molecule has 0 spiro atoms. The molecule has 8 nitrogen and oxygen atoms in total. The van der Waals surface area contributed by atoms with Gasteiger partial charge in [0.15, 0.2) is 0 Å². The Morgan fingerprint density at radius 2 is 1.62 bits per heavy atom. The summed E-state index contributed by atoms with van der Waals surface area (Å²) in [5.41, 5.74) is 1.83. The van der Waals surface area contributed by atoms with Crippen LogP contribution >= 0.6 is 23.2 Å². The first-order valence-corrected chi connectivity index (χ1v) is 15.2. The van der Waals surface area contributed by atoms with Crippen molar-refractivity contribution in [3.05, 3.63) is 94.0 Å². The Labute approximate surface area is 245 Å². The Kier molecular flexibility index (Phi) is 11.2. The maximum atomic E-state index is 13.8. The molecule has 0 aliphatic heterocycles. The second kappa shape index (κ2) is 14.4. The van der Waals surface area contributed by atoms with Crippen molar-refractivity contribution in [2.75, 3.05) is 31.3 Å². The van der Waals surface area contributed by atoms with E-state index in [9.17, 15) is 18.0 Å². The lowest BCUT2D eigenvalue weighted by molar-refractivity contribution is -0.141. The van der Waals surface area contributed by atoms with Crippen LogP contribution in [-0.2, 0) is 32.6 Å². The van der Waals surface area contributed by atoms with Crippen LogP contribution in [0, 0.1) is 0 Å². The molecule has 0 heterocycles. The highest BCUT2D eigenvalue weighted by atomic mass is 35.5. The highest BCUT2D eigenvalue weighted by Crippen LogP contribution is 2.28. The molecule has 0 radical (unpaired) electrons. The van der Waals surface area contributed by atoms with Gasteiger partial charge in [0.05, 0.1) is 19.1 Å². The van der Waals surface area contributed by atoms with Gasteiger partial charge in [-0.25, -0.2) is 8.42 Å². The number of hydrogen-bond donors (Lipinski definition) is 1. The molecule has 1 atom stereocenters. The van der Waals surface area contributed by atoms with Crippen molar-refractivity contribution >= 4 is 50.7 Å². The molecule has 0 aliphatic rings. The molecule has 1 N–H and O–H groups in total. The maximum Gasteiger partial charge on any atom is 0.242 e. The van der Waals surface area contributed by atoms with Gasteiger partial charge < -0.3 is 15.0 Å². The molecule has 11 heteroatoms. The lowest BCUT2D eigenvalue weighted by Gasteiger charge is -2.32. The van der Waals surface area contributed by atoms with E-state index in [4.69, 9.17) is 27.9 Å². The summed E-state index contributed by atoms with van der Waals surface area (Å²) in [6, 6.07) is 20.3. The maximum absolute atomic E-state index is 13.8. The molecule has 3 aromatic carbocycles. The van der Waals surface area contributed by atoms with Crippen molar-refractivity contribution < 1.29 is 22.7 Å². The molecule has 3 rings (SSSR count). The first-order chi connectivity index (χ1) is 19.0. The number of amides is 2.